The fraction of sp³-hybridized carbons (Fsp3) is 0.0909. The molecule has 82 valence electrons. The van der Waals surface area contributed by atoms with E-state index in [-0.39, 0.29) is 12.1 Å². The second kappa shape index (κ2) is 4.06. The van der Waals surface area contributed by atoms with Crippen molar-refractivity contribution in [2.45, 2.75) is 6.42 Å². The number of carboxylic acids is 1. The smallest absolute Gasteiger partial charge is 0.354 e. The zero-order valence-electron chi connectivity index (χ0n) is 8.34. The minimum atomic E-state index is -1.22. The Bertz CT molecular complexity index is 557. The number of fused-ring (bicyclic) bond motifs is 1. The summed E-state index contributed by atoms with van der Waals surface area (Å²) in [5.41, 5.74) is 1.45. The molecule has 0 radical (unpaired) electrons. The first-order chi connectivity index (χ1) is 7.72. The largest absolute Gasteiger partial charge is 0.477 e. The van der Waals surface area contributed by atoms with E-state index in [1.807, 2.05) is 24.3 Å². The number of nitrogens with one attached hydrogen (secondary N) is 1. The van der Waals surface area contributed by atoms with Crippen LogP contribution in [0.15, 0.2) is 35.6 Å². The summed E-state index contributed by atoms with van der Waals surface area (Å²) in [6, 6.07) is 7.55. The van der Waals surface area contributed by atoms with E-state index in [9.17, 15) is 4.79 Å². The first-order valence-corrected chi connectivity index (χ1v) is 4.71. The van der Waals surface area contributed by atoms with E-state index in [1.54, 1.807) is 6.20 Å². The van der Waals surface area contributed by atoms with E-state index >= 15 is 0 Å². The highest BCUT2D eigenvalue weighted by atomic mass is 16.4. The molecule has 1 aromatic carbocycles. The number of benzene rings is 1. The SMILES string of the molecule is O=C(O)/C(Cc1c[nH]c2ccccc12)=N\O. The maximum atomic E-state index is 10.7. The van der Waals surface area contributed by atoms with Gasteiger partial charge in [0, 0.05) is 23.5 Å². The second-order valence-corrected chi connectivity index (χ2v) is 3.39. The monoisotopic (exact) mass is 218 g/mol. The molecule has 16 heavy (non-hydrogen) atoms. The minimum absolute atomic E-state index is 0.0931. The number of nitrogens with zero attached hydrogens (tertiary/aromatic N) is 1. The van der Waals surface area contributed by atoms with Crippen LogP contribution in [-0.4, -0.2) is 27.0 Å². The van der Waals surface area contributed by atoms with E-state index in [0.717, 1.165) is 16.5 Å². The maximum Gasteiger partial charge on any atom is 0.354 e. The maximum absolute atomic E-state index is 10.7. The fourth-order valence-electron chi connectivity index (χ4n) is 1.61. The molecule has 1 aromatic heterocycles. The molecule has 0 atom stereocenters. The van der Waals surface area contributed by atoms with Gasteiger partial charge in [0.05, 0.1) is 0 Å². The molecule has 5 heteroatoms. The molecule has 3 N–H and O–H groups in total. The van der Waals surface area contributed by atoms with Gasteiger partial charge in [0.2, 0.25) is 0 Å². The van der Waals surface area contributed by atoms with Gasteiger partial charge in [-0.3, -0.25) is 0 Å². The zero-order chi connectivity index (χ0) is 11.5. The summed E-state index contributed by atoms with van der Waals surface area (Å²) >= 11 is 0. The molecule has 0 saturated heterocycles. The van der Waals surface area contributed by atoms with Gasteiger partial charge >= 0.3 is 5.97 Å². The number of carbonyl (C=O) groups is 1. The number of hydrogen-bond donors (Lipinski definition) is 3. The van der Waals surface area contributed by atoms with Crippen LogP contribution >= 0.6 is 0 Å². The van der Waals surface area contributed by atoms with Crippen molar-refractivity contribution in [2.75, 3.05) is 0 Å². The van der Waals surface area contributed by atoms with Crippen molar-refractivity contribution >= 4 is 22.6 Å². The normalized spacial score (nSPS) is 11.9. The molecular formula is C11H10N2O3. The number of aromatic nitrogens is 1. The van der Waals surface area contributed by atoms with Gasteiger partial charge in [-0.2, -0.15) is 0 Å². The molecule has 0 bridgehead atoms. The van der Waals surface area contributed by atoms with Gasteiger partial charge in [0.15, 0.2) is 5.71 Å². The lowest BCUT2D eigenvalue weighted by Gasteiger charge is -1.97. The molecule has 0 amide bonds. The van der Waals surface area contributed by atoms with Crippen LogP contribution in [0.3, 0.4) is 0 Å². The lowest BCUT2D eigenvalue weighted by Crippen LogP contribution is -2.15. The van der Waals surface area contributed by atoms with Crippen LogP contribution in [0.4, 0.5) is 0 Å². The summed E-state index contributed by atoms with van der Waals surface area (Å²) in [6.45, 7) is 0. The van der Waals surface area contributed by atoms with Gasteiger partial charge in [-0.15, -0.1) is 0 Å². The first kappa shape index (κ1) is 10.2. The van der Waals surface area contributed by atoms with Crippen LogP contribution in [0.25, 0.3) is 10.9 Å². The molecule has 0 saturated carbocycles. The van der Waals surface area contributed by atoms with Crippen molar-refractivity contribution in [3.05, 3.63) is 36.0 Å². The first-order valence-electron chi connectivity index (χ1n) is 4.71. The van der Waals surface area contributed by atoms with Crippen LogP contribution in [0.5, 0.6) is 0 Å². The van der Waals surface area contributed by atoms with Gasteiger partial charge < -0.3 is 15.3 Å². The Kier molecular flexibility index (Phi) is 2.59. The lowest BCUT2D eigenvalue weighted by molar-refractivity contribution is -0.129. The van der Waals surface area contributed by atoms with E-state index in [1.165, 1.54) is 0 Å². The standard InChI is InChI=1S/C11H10N2O3/c14-11(15)10(13-16)5-7-6-12-9-4-2-1-3-8(7)9/h1-4,6,12,16H,5H2,(H,14,15)/b13-10-. The Morgan fingerprint density at radius 2 is 2.12 bits per heavy atom. The third-order valence-electron chi connectivity index (χ3n) is 2.40. The minimum Gasteiger partial charge on any atom is -0.477 e. The number of aliphatic carboxylic acids is 1. The van der Waals surface area contributed by atoms with Crippen molar-refractivity contribution in [1.29, 1.82) is 0 Å². The molecule has 0 fully saturated rings. The summed E-state index contributed by atoms with van der Waals surface area (Å²) in [6.07, 6.45) is 1.81. The highest BCUT2D eigenvalue weighted by molar-refractivity contribution is 6.36. The van der Waals surface area contributed by atoms with E-state index < -0.39 is 5.97 Å². The Morgan fingerprint density at radius 3 is 2.81 bits per heavy atom. The number of carboxylic acid groups (broad SMARTS) is 1. The third-order valence-corrected chi connectivity index (χ3v) is 2.40. The fourth-order valence-corrected chi connectivity index (χ4v) is 1.61. The number of aromatic amines is 1. The van der Waals surface area contributed by atoms with Crippen LogP contribution in [0, 0.1) is 0 Å². The number of oxime groups is 1. The number of rotatable bonds is 3. The highest BCUT2D eigenvalue weighted by Gasteiger charge is 2.13. The van der Waals surface area contributed by atoms with Gasteiger partial charge in [-0.25, -0.2) is 4.79 Å². The van der Waals surface area contributed by atoms with Crippen molar-refractivity contribution in [3.8, 4) is 0 Å². The van der Waals surface area contributed by atoms with E-state index in [4.69, 9.17) is 10.3 Å². The van der Waals surface area contributed by atoms with Crippen molar-refractivity contribution < 1.29 is 15.1 Å². The molecule has 0 spiro atoms. The number of hydrogen-bond acceptors (Lipinski definition) is 3. The van der Waals surface area contributed by atoms with Crippen molar-refractivity contribution in [1.82, 2.24) is 4.98 Å². The van der Waals surface area contributed by atoms with Crippen LogP contribution in [0.2, 0.25) is 0 Å². The molecule has 0 aliphatic rings. The van der Waals surface area contributed by atoms with Crippen LogP contribution in [0.1, 0.15) is 5.56 Å². The predicted octanol–water partition coefficient (Wildman–Crippen LogP) is 1.63. The lowest BCUT2D eigenvalue weighted by atomic mass is 10.1. The number of para-hydroxylation sites is 1. The van der Waals surface area contributed by atoms with Crippen LogP contribution in [-0.2, 0) is 11.2 Å². The molecule has 0 aliphatic heterocycles. The van der Waals surface area contributed by atoms with Gasteiger partial charge in [-0.05, 0) is 11.6 Å². The van der Waals surface area contributed by atoms with E-state index in [0.29, 0.717) is 0 Å². The molecule has 2 aromatic rings. The summed E-state index contributed by atoms with van der Waals surface area (Å²) in [5, 5.41) is 21.0. The molecule has 0 unspecified atom stereocenters. The predicted molar refractivity (Wildman–Crippen MR) is 58.9 cm³/mol. The summed E-state index contributed by atoms with van der Waals surface area (Å²) in [7, 11) is 0. The highest BCUT2D eigenvalue weighted by Crippen LogP contribution is 2.18. The molecule has 5 nitrogen and oxygen atoms in total. The molecule has 1 heterocycles. The average molecular weight is 218 g/mol. The van der Waals surface area contributed by atoms with Gasteiger partial charge in [0.25, 0.3) is 0 Å². The average Bonchev–Trinajstić information content (AvgIpc) is 2.69. The Balaban J connectivity index is 2.38. The molecule has 2 rings (SSSR count). The number of H-pyrrole nitrogens is 1. The van der Waals surface area contributed by atoms with Crippen molar-refractivity contribution in [2.24, 2.45) is 5.16 Å². The summed E-state index contributed by atoms with van der Waals surface area (Å²) in [4.78, 5) is 13.7. The Morgan fingerprint density at radius 1 is 1.38 bits per heavy atom. The zero-order valence-corrected chi connectivity index (χ0v) is 8.34. The topological polar surface area (TPSA) is 85.7 Å². The Labute approximate surface area is 91.0 Å². The van der Waals surface area contributed by atoms with E-state index in [2.05, 4.69) is 10.1 Å². The van der Waals surface area contributed by atoms with Gasteiger partial charge in [-0.1, -0.05) is 23.4 Å². The molecule has 0 aliphatic carbocycles. The summed E-state index contributed by atoms with van der Waals surface area (Å²) < 4.78 is 0. The third kappa shape index (κ3) is 1.75. The van der Waals surface area contributed by atoms with Crippen LogP contribution < -0.4 is 0 Å². The summed E-state index contributed by atoms with van der Waals surface area (Å²) in [5.74, 6) is -1.22. The van der Waals surface area contributed by atoms with Gasteiger partial charge in [0.1, 0.15) is 0 Å². The van der Waals surface area contributed by atoms with Crippen molar-refractivity contribution in [3.63, 3.8) is 0 Å². The second-order valence-electron chi connectivity index (χ2n) is 3.39. The molecular weight excluding hydrogens is 208 g/mol. The Hall–Kier alpha value is -2.30. The quantitative estimate of drug-likeness (QED) is 0.415.